The number of methoxy groups -OCH3 is 1. The highest BCUT2D eigenvalue weighted by Crippen LogP contribution is 2.22. The third kappa shape index (κ3) is 3.49. The van der Waals surface area contributed by atoms with E-state index in [1.54, 1.807) is 6.07 Å². The highest BCUT2D eigenvalue weighted by molar-refractivity contribution is 5.90. The number of anilines is 1. The third-order valence-corrected chi connectivity index (χ3v) is 2.56. The lowest BCUT2D eigenvalue weighted by molar-refractivity contribution is 0.0600. The summed E-state index contributed by atoms with van der Waals surface area (Å²) in [5, 5.41) is 3.22. The first kappa shape index (κ1) is 16.0. The molecule has 1 aliphatic heterocycles. The van der Waals surface area contributed by atoms with Crippen molar-refractivity contribution in [1.82, 2.24) is 0 Å². The van der Waals surface area contributed by atoms with Crippen molar-refractivity contribution in [1.29, 1.82) is 0 Å². The molecule has 0 aromatic heterocycles. The number of carbonyl (C=O) groups excluding carboxylic acids is 1. The molecule has 0 saturated carbocycles. The van der Waals surface area contributed by atoms with Gasteiger partial charge >= 0.3 is 5.97 Å². The third-order valence-electron chi connectivity index (χ3n) is 2.56. The summed E-state index contributed by atoms with van der Waals surface area (Å²) in [4.78, 5) is 11.3. The van der Waals surface area contributed by atoms with Gasteiger partial charge in [0.05, 0.1) is 12.7 Å². The Kier molecular flexibility index (Phi) is 6.31. The van der Waals surface area contributed by atoms with Crippen LogP contribution in [-0.2, 0) is 11.2 Å². The summed E-state index contributed by atoms with van der Waals surface area (Å²) >= 11 is 0. The Labute approximate surface area is 113 Å². The Morgan fingerprint density at radius 3 is 2.82 bits per heavy atom. The molecule has 2 rings (SSSR count). The van der Waals surface area contributed by atoms with E-state index >= 15 is 0 Å². The van der Waals surface area contributed by atoms with Crippen molar-refractivity contribution in [2.24, 2.45) is 5.73 Å². The molecule has 1 aromatic carbocycles. The van der Waals surface area contributed by atoms with E-state index in [1.807, 2.05) is 12.1 Å². The van der Waals surface area contributed by atoms with Crippen LogP contribution in [-0.4, -0.2) is 25.7 Å². The molecule has 4 nitrogen and oxygen atoms in total. The van der Waals surface area contributed by atoms with Gasteiger partial charge in [0.2, 0.25) is 0 Å². The Morgan fingerprint density at radius 2 is 2.18 bits per heavy atom. The molecule has 0 bridgehead atoms. The van der Waals surface area contributed by atoms with Crippen molar-refractivity contribution in [2.45, 2.75) is 12.5 Å². The first-order chi connectivity index (χ1) is 7.20. The Hall–Kier alpha value is -0.970. The second-order valence-electron chi connectivity index (χ2n) is 3.71. The van der Waals surface area contributed by atoms with Gasteiger partial charge in [-0.05, 0) is 30.2 Å². The fraction of sp³-hybridized carbons (Fsp3) is 0.364. The van der Waals surface area contributed by atoms with Gasteiger partial charge in [-0.25, -0.2) is 4.79 Å². The molecule has 1 unspecified atom stereocenters. The molecule has 6 heteroatoms. The van der Waals surface area contributed by atoms with Gasteiger partial charge in [0.25, 0.3) is 0 Å². The van der Waals surface area contributed by atoms with Crippen LogP contribution in [0.15, 0.2) is 18.2 Å². The number of carbonyl (C=O) groups is 1. The van der Waals surface area contributed by atoms with Crippen LogP contribution in [0.5, 0.6) is 0 Å². The second kappa shape index (κ2) is 6.69. The van der Waals surface area contributed by atoms with Gasteiger partial charge in [-0.15, -0.1) is 24.8 Å². The second-order valence-corrected chi connectivity index (χ2v) is 3.71. The maximum absolute atomic E-state index is 11.3. The molecular weight excluding hydrogens is 263 g/mol. The lowest BCUT2D eigenvalue weighted by Gasteiger charge is -2.23. The van der Waals surface area contributed by atoms with E-state index in [9.17, 15) is 4.79 Å². The van der Waals surface area contributed by atoms with E-state index in [0.29, 0.717) is 5.56 Å². The van der Waals surface area contributed by atoms with Gasteiger partial charge < -0.3 is 15.8 Å². The lowest BCUT2D eigenvalue weighted by Crippen LogP contribution is -2.35. The minimum atomic E-state index is -0.308. The lowest BCUT2D eigenvalue weighted by atomic mass is 9.98. The molecule has 0 amide bonds. The summed E-state index contributed by atoms with van der Waals surface area (Å²) in [7, 11) is 1.38. The van der Waals surface area contributed by atoms with Gasteiger partial charge in [-0.2, -0.15) is 0 Å². The van der Waals surface area contributed by atoms with Crippen molar-refractivity contribution in [3.63, 3.8) is 0 Å². The fourth-order valence-corrected chi connectivity index (χ4v) is 1.78. The first-order valence-corrected chi connectivity index (χ1v) is 4.91. The summed E-state index contributed by atoms with van der Waals surface area (Å²) in [6.07, 6.45) is 0.799. The molecule has 96 valence electrons. The van der Waals surface area contributed by atoms with E-state index in [4.69, 9.17) is 5.73 Å². The number of fused-ring (bicyclic) bond motifs is 1. The fourth-order valence-electron chi connectivity index (χ4n) is 1.78. The molecule has 0 aliphatic carbocycles. The summed E-state index contributed by atoms with van der Waals surface area (Å²) in [6.45, 7) is 0.782. The minimum Gasteiger partial charge on any atom is -0.465 e. The number of ether oxygens (including phenoxy) is 1. The first-order valence-electron chi connectivity index (χ1n) is 4.91. The highest BCUT2D eigenvalue weighted by Gasteiger charge is 2.16. The molecule has 1 aliphatic rings. The van der Waals surface area contributed by atoms with E-state index < -0.39 is 0 Å². The normalized spacial score (nSPS) is 16.7. The number of rotatable bonds is 1. The average molecular weight is 279 g/mol. The molecule has 1 aromatic rings. The van der Waals surface area contributed by atoms with Crippen molar-refractivity contribution in [2.75, 3.05) is 19.0 Å². The van der Waals surface area contributed by atoms with Crippen molar-refractivity contribution >= 4 is 36.5 Å². The van der Waals surface area contributed by atoms with Crippen molar-refractivity contribution < 1.29 is 9.53 Å². The van der Waals surface area contributed by atoms with Crippen molar-refractivity contribution in [3.05, 3.63) is 29.3 Å². The molecule has 0 spiro atoms. The standard InChI is InChI=1S/C11H14N2O2.2ClH/c1-15-11(14)7-2-3-10-8(4-7)5-9(12)6-13-10;;/h2-4,9,13H,5-6,12H2,1H3;2*1H. The Bertz CT molecular complexity index is 399. The molecule has 0 fully saturated rings. The number of hydrogen-bond donors (Lipinski definition) is 2. The molecule has 0 radical (unpaired) electrons. The maximum Gasteiger partial charge on any atom is 0.337 e. The smallest absolute Gasteiger partial charge is 0.337 e. The predicted octanol–water partition coefficient (Wildman–Crippen LogP) is 1.61. The van der Waals surface area contributed by atoms with Gasteiger partial charge in [-0.1, -0.05) is 0 Å². The highest BCUT2D eigenvalue weighted by atomic mass is 35.5. The molecule has 1 atom stereocenters. The van der Waals surface area contributed by atoms with Gasteiger partial charge in [-0.3, -0.25) is 0 Å². The predicted molar refractivity (Wildman–Crippen MR) is 72.4 cm³/mol. The number of benzene rings is 1. The van der Waals surface area contributed by atoms with Gasteiger partial charge in [0.1, 0.15) is 0 Å². The summed E-state index contributed by atoms with van der Waals surface area (Å²) in [5.41, 5.74) is 8.55. The van der Waals surface area contributed by atoms with Crippen LogP contribution < -0.4 is 11.1 Å². The van der Waals surface area contributed by atoms with E-state index in [2.05, 4.69) is 10.1 Å². The van der Waals surface area contributed by atoms with Gasteiger partial charge in [0.15, 0.2) is 0 Å². The van der Waals surface area contributed by atoms with E-state index in [-0.39, 0.29) is 36.8 Å². The minimum absolute atomic E-state index is 0. The zero-order valence-corrected chi connectivity index (χ0v) is 11.1. The van der Waals surface area contributed by atoms with Crippen LogP contribution in [0.2, 0.25) is 0 Å². The number of nitrogens with one attached hydrogen (secondary N) is 1. The molecule has 1 heterocycles. The molecule has 0 saturated heterocycles. The molecule has 3 N–H and O–H groups in total. The van der Waals surface area contributed by atoms with Crippen molar-refractivity contribution in [3.8, 4) is 0 Å². The molecule has 17 heavy (non-hydrogen) atoms. The maximum atomic E-state index is 11.3. The van der Waals surface area contributed by atoms with Crippen LogP contribution in [0, 0.1) is 0 Å². The van der Waals surface area contributed by atoms with Crippen LogP contribution >= 0.6 is 24.8 Å². The van der Waals surface area contributed by atoms with Crippen LogP contribution in [0.1, 0.15) is 15.9 Å². The Morgan fingerprint density at radius 1 is 1.47 bits per heavy atom. The zero-order valence-electron chi connectivity index (χ0n) is 9.43. The van der Waals surface area contributed by atoms with Crippen LogP contribution in [0.25, 0.3) is 0 Å². The molecular formula is C11H16Cl2N2O2. The zero-order chi connectivity index (χ0) is 10.8. The number of halogens is 2. The summed E-state index contributed by atoms with van der Waals surface area (Å²) in [5.74, 6) is -0.308. The van der Waals surface area contributed by atoms with E-state index in [0.717, 1.165) is 24.2 Å². The Balaban J connectivity index is 0.00000128. The van der Waals surface area contributed by atoms with Gasteiger partial charge in [0, 0.05) is 18.3 Å². The summed E-state index contributed by atoms with van der Waals surface area (Å²) in [6, 6.07) is 5.61. The average Bonchev–Trinajstić information content (AvgIpc) is 2.27. The number of hydrogen-bond acceptors (Lipinski definition) is 4. The summed E-state index contributed by atoms with van der Waals surface area (Å²) < 4.78 is 4.66. The largest absolute Gasteiger partial charge is 0.465 e. The van der Waals surface area contributed by atoms with Crippen LogP contribution in [0.4, 0.5) is 5.69 Å². The number of esters is 1. The monoisotopic (exact) mass is 278 g/mol. The van der Waals surface area contributed by atoms with E-state index in [1.165, 1.54) is 7.11 Å². The quantitative estimate of drug-likeness (QED) is 0.767. The topological polar surface area (TPSA) is 64.3 Å². The SMILES string of the molecule is COC(=O)c1ccc2c(c1)CC(N)CN2.Cl.Cl. The van der Waals surface area contributed by atoms with Crippen LogP contribution in [0.3, 0.4) is 0 Å². The number of nitrogens with two attached hydrogens (primary N) is 1.